The van der Waals surface area contributed by atoms with E-state index in [0.717, 1.165) is 4.70 Å². The summed E-state index contributed by atoms with van der Waals surface area (Å²) in [7, 11) is 0. The summed E-state index contributed by atoms with van der Waals surface area (Å²) in [6.07, 6.45) is 0. The van der Waals surface area contributed by atoms with Crippen molar-refractivity contribution in [3.05, 3.63) is 57.6 Å². The second kappa shape index (κ2) is 7.38. The van der Waals surface area contributed by atoms with Gasteiger partial charge in [0.2, 0.25) is 5.91 Å². The zero-order valence-electron chi connectivity index (χ0n) is 12.9. The maximum atomic E-state index is 12.3. The van der Waals surface area contributed by atoms with Gasteiger partial charge in [0.05, 0.1) is 20.4 Å². The first-order valence-corrected chi connectivity index (χ1v) is 9.28. The molecule has 0 aliphatic rings. The minimum absolute atomic E-state index is 0.0273. The molecule has 0 unspecified atom stereocenters. The number of nitrogens with zero attached hydrogens (tertiary/aromatic N) is 2. The molecule has 1 amide bonds. The number of rotatable bonds is 5. The summed E-state index contributed by atoms with van der Waals surface area (Å²) in [6, 6.07) is 11.5. The molecule has 1 atom stereocenters. The van der Waals surface area contributed by atoms with Crippen LogP contribution in [-0.2, 0) is 4.79 Å². The van der Waals surface area contributed by atoms with E-state index in [1.54, 1.807) is 37.3 Å². The molecule has 0 aliphatic carbocycles. The van der Waals surface area contributed by atoms with Gasteiger partial charge in [-0.3, -0.25) is 14.9 Å². The fourth-order valence-electron chi connectivity index (χ4n) is 2.07. The SMILES string of the molecule is C[C@@H](Sc1nc2ccc([N+](=O)[O-])cc2s1)C(=O)Nc1cccc(Cl)c1. The number of hydrogen-bond acceptors (Lipinski definition) is 6. The van der Waals surface area contributed by atoms with Gasteiger partial charge in [0, 0.05) is 22.8 Å². The maximum Gasteiger partial charge on any atom is 0.270 e. The standard InChI is InChI=1S/C16H12ClN3O3S2/c1-9(15(21)18-11-4-2-3-10(17)7-11)24-16-19-13-6-5-12(20(22)23)8-14(13)25-16/h2-9H,1H3,(H,18,21)/t9-/m1/s1. The number of thiazole rings is 1. The van der Waals surface area contributed by atoms with Crippen molar-refractivity contribution in [2.24, 2.45) is 0 Å². The molecule has 2 aromatic carbocycles. The maximum absolute atomic E-state index is 12.3. The number of carbonyl (C=O) groups is 1. The van der Waals surface area contributed by atoms with Gasteiger partial charge >= 0.3 is 0 Å². The number of anilines is 1. The molecule has 0 bridgehead atoms. The topological polar surface area (TPSA) is 85.1 Å². The van der Waals surface area contributed by atoms with Crippen LogP contribution < -0.4 is 5.32 Å². The molecule has 128 valence electrons. The smallest absolute Gasteiger partial charge is 0.270 e. The summed E-state index contributed by atoms with van der Waals surface area (Å²) in [6.45, 7) is 1.78. The van der Waals surface area contributed by atoms with E-state index in [0.29, 0.717) is 20.6 Å². The van der Waals surface area contributed by atoms with Crippen molar-refractivity contribution < 1.29 is 9.72 Å². The molecule has 1 aromatic heterocycles. The van der Waals surface area contributed by atoms with Crippen molar-refractivity contribution in [1.82, 2.24) is 4.98 Å². The molecule has 0 fully saturated rings. The van der Waals surface area contributed by atoms with E-state index in [1.807, 2.05) is 0 Å². The molecule has 0 spiro atoms. The van der Waals surface area contributed by atoms with Gasteiger partial charge in [-0.15, -0.1) is 11.3 Å². The van der Waals surface area contributed by atoms with Crippen molar-refractivity contribution >= 4 is 62.2 Å². The number of carbonyl (C=O) groups excluding carboxylic acids is 1. The predicted octanol–water partition coefficient (Wildman–Crippen LogP) is 4.98. The average Bonchev–Trinajstić information content (AvgIpc) is 2.95. The van der Waals surface area contributed by atoms with E-state index in [2.05, 4.69) is 10.3 Å². The molecule has 0 saturated carbocycles. The van der Waals surface area contributed by atoms with Gasteiger partial charge < -0.3 is 5.32 Å². The average molecular weight is 394 g/mol. The lowest BCUT2D eigenvalue weighted by molar-refractivity contribution is -0.384. The van der Waals surface area contributed by atoms with Gasteiger partial charge in [0.1, 0.15) is 0 Å². The van der Waals surface area contributed by atoms with Crippen LogP contribution in [0.15, 0.2) is 46.8 Å². The van der Waals surface area contributed by atoms with E-state index in [1.165, 1.54) is 35.2 Å². The molecule has 0 aliphatic heterocycles. The van der Waals surface area contributed by atoms with Crippen LogP contribution in [0.1, 0.15) is 6.92 Å². The lowest BCUT2D eigenvalue weighted by Crippen LogP contribution is -2.22. The summed E-state index contributed by atoms with van der Waals surface area (Å²) in [5.41, 5.74) is 1.34. The van der Waals surface area contributed by atoms with Crippen LogP contribution in [0.4, 0.5) is 11.4 Å². The summed E-state index contributed by atoms with van der Waals surface area (Å²) in [5, 5.41) is 13.8. The molecule has 1 heterocycles. The Hall–Kier alpha value is -2.16. The van der Waals surface area contributed by atoms with Crippen LogP contribution in [0.2, 0.25) is 5.02 Å². The van der Waals surface area contributed by atoms with Crippen molar-refractivity contribution in [2.75, 3.05) is 5.32 Å². The van der Waals surface area contributed by atoms with E-state index in [-0.39, 0.29) is 16.8 Å². The van der Waals surface area contributed by atoms with Crippen LogP contribution in [0, 0.1) is 10.1 Å². The van der Waals surface area contributed by atoms with Gasteiger partial charge in [-0.25, -0.2) is 4.98 Å². The minimum Gasteiger partial charge on any atom is -0.325 e. The number of amides is 1. The van der Waals surface area contributed by atoms with Gasteiger partial charge in [-0.1, -0.05) is 29.4 Å². The van der Waals surface area contributed by atoms with Crippen LogP contribution >= 0.6 is 34.7 Å². The number of halogens is 1. The predicted molar refractivity (Wildman–Crippen MR) is 102 cm³/mol. The zero-order valence-corrected chi connectivity index (χ0v) is 15.3. The van der Waals surface area contributed by atoms with Gasteiger partial charge in [-0.05, 0) is 31.2 Å². The summed E-state index contributed by atoms with van der Waals surface area (Å²) >= 11 is 8.54. The van der Waals surface area contributed by atoms with E-state index < -0.39 is 4.92 Å². The highest BCUT2D eigenvalue weighted by Gasteiger charge is 2.18. The second-order valence-corrected chi connectivity index (χ2v) is 8.20. The Labute approximate surface area is 156 Å². The lowest BCUT2D eigenvalue weighted by atomic mass is 10.3. The highest BCUT2D eigenvalue weighted by Crippen LogP contribution is 2.34. The van der Waals surface area contributed by atoms with Crippen LogP contribution in [0.25, 0.3) is 10.2 Å². The lowest BCUT2D eigenvalue weighted by Gasteiger charge is -2.10. The Bertz CT molecular complexity index is 961. The first kappa shape index (κ1) is 17.7. The molecule has 0 saturated heterocycles. The number of thioether (sulfide) groups is 1. The Balaban J connectivity index is 1.71. The number of hydrogen-bond donors (Lipinski definition) is 1. The van der Waals surface area contributed by atoms with Gasteiger partial charge in [-0.2, -0.15) is 0 Å². The molecule has 3 aromatic rings. The van der Waals surface area contributed by atoms with Gasteiger partial charge in [0.15, 0.2) is 4.34 Å². The van der Waals surface area contributed by atoms with E-state index in [9.17, 15) is 14.9 Å². The largest absolute Gasteiger partial charge is 0.325 e. The number of aromatic nitrogens is 1. The fraction of sp³-hybridized carbons (Fsp3) is 0.125. The first-order valence-electron chi connectivity index (χ1n) is 7.20. The number of nitro benzene ring substituents is 1. The van der Waals surface area contributed by atoms with Crippen LogP contribution in [0.3, 0.4) is 0 Å². The van der Waals surface area contributed by atoms with Gasteiger partial charge in [0.25, 0.3) is 5.69 Å². The van der Waals surface area contributed by atoms with Crippen molar-refractivity contribution in [3.8, 4) is 0 Å². The van der Waals surface area contributed by atoms with Crippen molar-refractivity contribution in [3.63, 3.8) is 0 Å². The normalized spacial score (nSPS) is 12.1. The van der Waals surface area contributed by atoms with Crippen molar-refractivity contribution in [1.29, 1.82) is 0 Å². The highest BCUT2D eigenvalue weighted by molar-refractivity contribution is 8.02. The molecule has 0 radical (unpaired) electrons. The molecule has 1 N–H and O–H groups in total. The van der Waals surface area contributed by atoms with Crippen LogP contribution in [-0.4, -0.2) is 21.1 Å². The molecular formula is C16H12ClN3O3S2. The Morgan fingerprint density at radius 1 is 1.36 bits per heavy atom. The Kier molecular flexibility index (Phi) is 5.22. The van der Waals surface area contributed by atoms with E-state index >= 15 is 0 Å². The minimum atomic E-state index is -0.437. The molecule has 3 rings (SSSR count). The number of nitrogens with one attached hydrogen (secondary N) is 1. The zero-order chi connectivity index (χ0) is 18.0. The second-order valence-electron chi connectivity index (χ2n) is 5.15. The third-order valence-corrected chi connectivity index (χ3v) is 5.75. The number of nitro groups is 1. The number of fused-ring (bicyclic) bond motifs is 1. The quantitative estimate of drug-likeness (QED) is 0.375. The third kappa shape index (κ3) is 4.28. The molecule has 9 heteroatoms. The Morgan fingerprint density at radius 3 is 2.88 bits per heavy atom. The first-order chi connectivity index (χ1) is 11.9. The fourth-order valence-corrected chi connectivity index (χ4v) is 4.51. The molecule has 6 nitrogen and oxygen atoms in total. The summed E-state index contributed by atoms with van der Waals surface area (Å²) in [4.78, 5) is 27.1. The molecular weight excluding hydrogens is 382 g/mol. The monoisotopic (exact) mass is 393 g/mol. The summed E-state index contributed by atoms with van der Waals surface area (Å²) in [5.74, 6) is -0.169. The highest BCUT2D eigenvalue weighted by atomic mass is 35.5. The molecule has 25 heavy (non-hydrogen) atoms. The van der Waals surface area contributed by atoms with Crippen LogP contribution in [0.5, 0.6) is 0 Å². The number of non-ortho nitro benzene ring substituents is 1. The Morgan fingerprint density at radius 2 is 2.16 bits per heavy atom. The van der Waals surface area contributed by atoms with E-state index in [4.69, 9.17) is 11.6 Å². The summed E-state index contributed by atoms with van der Waals surface area (Å²) < 4.78 is 1.41. The third-order valence-electron chi connectivity index (χ3n) is 3.30. The van der Waals surface area contributed by atoms with Crippen molar-refractivity contribution in [2.45, 2.75) is 16.5 Å². The number of benzene rings is 2.